The number of aromatic amines is 1. The highest BCUT2D eigenvalue weighted by Crippen LogP contribution is 2.18. The molecule has 0 saturated heterocycles. The lowest BCUT2D eigenvalue weighted by Crippen LogP contribution is -2.17. The minimum atomic E-state index is -2.96. The molecule has 0 aromatic carbocycles. The number of hydrogen-bond acceptors (Lipinski definition) is 2. The highest BCUT2D eigenvalue weighted by molar-refractivity contribution is 5.70. The molecule has 1 heterocycles. The lowest BCUT2D eigenvalue weighted by Gasteiger charge is -2.04. The molecule has 0 aliphatic rings. The van der Waals surface area contributed by atoms with Gasteiger partial charge >= 0.3 is 5.97 Å². The van der Waals surface area contributed by atoms with Crippen LogP contribution in [0.15, 0.2) is 17.1 Å². The highest BCUT2D eigenvalue weighted by atomic mass is 19.3. The number of hydrogen-bond donors (Lipinski definition) is 2. The average Bonchev–Trinajstić information content (AvgIpc) is 2.01. The second kappa shape index (κ2) is 3.99. The fraction of sp³-hybridized carbons (Fsp3) is 0.250. The van der Waals surface area contributed by atoms with Crippen molar-refractivity contribution in [2.45, 2.75) is 12.8 Å². The highest BCUT2D eigenvalue weighted by Gasteiger charge is 2.18. The number of carboxylic acid groups (broad SMARTS) is 1. The van der Waals surface area contributed by atoms with Crippen LogP contribution in [0.1, 0.15) is 17.6 Å². The van der Waals surface area contributed by atoms with E-state index in [1.54, 1.807) is 0 Å². The van der Waals surface area contributed by atoms with Gasteiger partial charge in [0.15, 0.2) is 0 Å². The molecule has 0 fully saturated rings. The Morgan fingerprint density at radius 2 is 2.21 bits per heavy atom. The van der Waals surface area contributed by atoms with Crippen molar-refractivity contribution >= 4 is 5.97 Å². The van der Waals surface area contributed by atoms with Crippen molar-refractivity contribution in [1.82, 2.24) is 4.98 Å². The smallest absolute Gasteiger partial charge is 0.307 e. The van der Waals surface area contributed by atoms with Gasteiger partial charge in [-0.1, -0.05) is 0 Å². The molecule has 0 saturated carbocycles. The predicted molar refractivity (Wildman–Crippen MR) is 43.4 cm³/mol. The van der Waals surface area contributed by atoms with Crippen LogP contribution in [-0.2, 0) is 11.2 Å². The van der Waals surface area contributed by atoms with Crippen molar-refractivity contribution in [2.75, 3.05) is 0 Å². The minimum Gasteiger partial charge on any atom is -0.481 e. The predicted octanol–water partition coefficient (Wildman–Crippen LogP) is 0.940. The van der Waals surface area contributed by atoms with E-state index >= 15 is 0 Å². The van der Waals surface area contributed by atoms with E-state index in [0.29, 0.717) is 0 Å². The van der Waals surface area contributed by atoms with Crippen LogP contribution in [0.2, 0.25) is 0 Å². The molecule has 2 N–H and O–H groups in total. The van der Waals surface area contributed by atoms with Crippen molar-refractivity contribution < 1.29 is 18.7 Å². The van der Waals surface area contributed by atoms with Gasteiger partial charge in [0.1, 0.15) is 0 Å². The first kappa shape index (κ1) is 10.4. The number of alkyl halides is 2. The summed E-state index contributed by atoms with van der Waals surface area (Å²) in [7, 11) is 0. The summed E-state index contributed by atoms with van der Waals surface area (Å²) in [4.78, 5) is 23.3. The fourth-order valence-corrected chi connectivity index (χ4v) is 1.09. The largest absolute Gasteiger partial charge is 0.481 e. The monoisotopic (exact) mass is 203 g/mol. The average molecular weight is 203 g/mol. The first-order chi connectivity index (χ1) is 6.52. The summed E-state index contributed by atoms with van der Waals surface area (Å²) in [5, 5.41) is 8.41. The van der Waals surface area contributed by atoms with Gasteiger partial charge in [-0.15, -0.1) is 0 Å². The van der Waals surface area contributed by atoms with Gasteiger partial charge in [-0.2, -0.15) is 0 Å². The van der Waals surface area contributed by atoms with Gasteiger partial charge in [-0.3, -0.25) is 9.59 Å². The number of carbonyl (C=O) groups is 1. The van der Waals surface area contributed by atoms with Crippen LogP contribution in [0.25, 0.3) is 0 Å². The van der Waals surface area contributed by atoms with Crippen LogP contribution < -0.4 is 5.56 Å². The van der Waals surface area contributed by atoms with E-state index < -0.39 is 29.9 Å². The molecule has 0 unspecified atom stereocenters. The fourth-order valence-electron chi connectivity index (χ4n) is 1.09. The van der Waals surface area contributed by atoms with E-state index in [0.717, 1.165) is 12.3 Å². The molecule has 1 aromatic rings. The number of nitrogens with one attached hydrogen (secondary N) is 1. The summed E-state index contributed by atoms with van der Waals surface area (Å²) in [5.41, 5.74) is -1.87. The lowest BCUT2D eigenvalue weighted by atomic mass is 10.1. The van der Waals surface area contributed by atoms with Crippen LogP contribution in [-0.4, -0.2) is 16.1 Å². The second-order valence-corrected chi connectivity index (χ2v) is 2.62. The molecule has 1 rings (SSSR count). The quantitative estimate of drug-likeness (QED) is 0.767. The third-order valence-electron chi connectivity index (χ3n) is 1.65. The van der Waals surface area contributed by atoms with E-state index in [1.807, 2.05) is 0 Å². The first-order valence-electron chi connectivity index (χ1n) is 3.72. The van der Waals surface area contributed by atoms with Crippen LogP contribution in [0.5, 0.6) is 0 Å². The molecule has 76 valence electrons. The van der Waals surface area contributed by atoms with Crippen LogP contribution in [0.4, 0.5) is 8.78 Å². The molecular formula is C8H7F2NO3. The van der Waals surface area contributed by atoms with Gasteiger partial charge in [0, 0.05) is 6.20 Å². The van der Waals surface area contributed by atoms with Crippen molar-refractivity contribution in [1.29, 1.82) is 0 Å². The van der Waals surface area contributed by atoms with Gasteiger partial charge in [0.05, 0.1) is 12.0 Å². The van der Waals surface area contributed by atoms with E-state index in [9.17, 15) is 18.4 Å². The van der Waals surface area contributed by atoms with Crippen LogP contribution in [0, 0.1) is 0 Å². The molecular weight excluding hydrogens is 196 g/mol. The summed E-state index contributed by atoms with van der Waals surface area (Å²) < 4.78 is 24.7. The van der Waals surface area contributed by atoms with Gasteiger partial charge in [0.25, 0.3) is 12.0 Å². The first-order valence-corrected chi connectivity index (χ1v) is 3.72. The zero-order chi connectivity index (χ0) is 10.7. The zero-order valence-corrected chi connectivity index (χ0v) is 6.96. The molecule has 1 aromatic heterocycles. The standard InChI is InChI=1S/C8H7F2NO3/c9-7(10)6-4(3-5(12)13)1-2-11-8(6)14/h1-2,7H,3H2,(H,11,14)(H,12,13). The Morgan fingerprint density at radius 1 is 1.57 bits per heavy atom. The molecule has 0 aliphatic heterocycles. The Labute approximate surface area is 77.2 Å². The van der Waals surface area contributed by atoms with E-state index in [4.69, 9.17) is 5.11 Å². The Bertz CT molecular complexity index is 400. The van der Waals surface area contributed by atoms with Gasteiger partial charge in [-0.25, -0.2) is 8.78 Å². The normalized spacial score (nSPS) is 10.5. The molecule has 0 spiro atoms. The summed E-state index contributed by atoms with van der Waals surface area (Å²) in [6, 6.07) is 1.16. The van der Waals surface area contributed by atoms with E-state index in [2.05, 4.69) is 4.98 Å². The Morgan fingerprint density at radius 3 is 2.71 bits per heavy atom. The number of halogens is 2. The Hall–Kier alpha value is -1.72. The Kier molecular flexibility index (Phi) is 2.95. The topological polar surface area (TPSA) is 70.2 Å². The van der Waals surface area contributed by atoms with Gasteiger partial charge in [0.2, 0.25) is 0 Å². The lowest BCUT2D eigenvalue weighted by molar-refractivity contribution is -0.136. The van der Waals surface area contributed by atoms with Crippen molar-refractivity contribution in [3.05, 3.63) is 33.7 Å². The number of pyridine rings is 1. The van der Waals surface area contributed by atoms with Gasteiger partial charge in [-0.05, 0) is 11.6 Å². The molecule has 4 nitrogen and oxygen atoms in total. The summed E-state index contributed by atoms with van der Waals surface area (Å²) in [5.74, 6) is -1.25. The maximum absolute atomic E-state index is 12.3. The maximum atomic E-state index is 12.3. The van der Waals surface area contributed by atoms with Crippen molar-refractivity contribution in [2.24, 2.45) is 0 Å². The molecule has 0 atom stereocenters. The molecule has 0 bridgehead atoms. The van der Waals surface area contributed by atoms with Gasteiger partial charge < -0.3 is 10.1 Å². The zero-order valence-electron chi connectivity index (χ0n) is 6.96. The molecule has 14 heavy (non-hydrogen) atoms. The third kappa shape index (κ3) is 2.15. The molecule has 0 radical (unpaired) electrons. The number of H-pyrrole nitrogens is 1. The maximum Gasteiger partial charge on any atom is 0.307 e. The number of aliphatic carboxylic acids is 1. The number of rotatable bonds is 3. The van der Waals surface area contributed by atoms with Crippen molar-refractivity contribution in [3.8, 4) is 0 Å². The van der Waals surface area contributed by atoms with E-state index in [-0.39, 0.29) is 5.56 Å². The molecule has 0 amide bonds. The summed E-state index contributed by atoms with van der Waals surface area (Å²) >= 11 is 0. The van der Waals surface area contributed by atoms with Crippen LogP contribution in [0.3, 0.4) is 0 Å². The Balaban J connectivity index is 3.21. The third-order valence-corrected chi connectivity index (χ3v) is 1.65. The summed E-state index contributed by atoms with van der Waals surface area (Å²) in [6.45, 7) is 0. The van der Waals surface area contributed by atoms with Crippen LogP contribution >= 0.6 is 0 Å². The minimum absolute atomic E-state index is 0.156. The second-order valence-electron chi connectivity index (χ2n) is 2.62. The van der Waals surface area contributed by atoms with E-state index in [1.165, 1.54) is 0 Å². The SMILES string of the molecule is O=C(O)Cc1cc[nH]c(=O)c1C(F)F. The molecule has 0 aliphatic carbocycles. The van der Waals surface area contributed by atoms with Crippen molar-refractivity contribution in [3.63, 3.8) is 0 Å². The summed E-state index contributed by atoms with van der Waals surface area (Å²) in [6.07, 6.45) is -2.40. The number of carboxylic acids is 1. The molecule has 6 heteroatoms. The number of aromatic nitrogens is 1.